The molecule has 0 aromatic heterocycles. The van der Waals surface area contributed by atoms with Crippen molar-refractivity contribution in [2.24, 2.45) is 0 Å². The van der Waals surface area contributed by atoms with Crippen LogP contribution in [0.4, 0.5) is 18.0 Å². The number of hydrogen-bond acceptors (Lipinski definition) is 4. The number of nitrogens with one attached hydrogen (secondary N) is 2. The van der Waals surface area contributed by atoms with E-state index >= 15 is 0 Å². The fourth-order valence-corrected chi connectivity index (χ4v) is 3.46. The standard InChI is InChI=1S/C21H19F3N2O5/c22-21(23,24)17(9-18(27)25-10-19(28)29)26-20(30)31-11-16-14-7-3-1-5-12(14)13-6-2-4-8-15(13)16/h1-8,16-17H,9-11H2,(H,25,27)(H,26,30)(H,28,29). The van der Waals surface area contributed by atoms with Gasteiger partial charge in [0.05, 0.1) is 6.42 Å². The summed E-state index contributed by atoms with van der Waals surface area (Å²) in [5.41, 5.74) is 3.74. The van der Waals surface area contributed by atoms with Gasteiger partial charge >= 0.3 is 18.2 Å². The van der Waals surface area contributed by atoms with E-state index in [4.69, 9.17) is 9.84 Å². The molecule has 0 fully saturated rings. The summed E-state index contributed by atoms with van der Waals surface area (Å²) in [5.74, 6) is -2.90. The predicted octanol–water partition coefficient (Wildman–Crippen LogP) is 3.05. The van der Waals surface area contributed by atoms with Crippen molar-refractivity contribution < 1.29 is 37.4 Å². The van der Waals surface area contributed by atoms with Crippen molar-refractivity contribution in [1.82, 2.24) is 10.6 Å². The number of carbonyl (C=O) groups excluding carboxylic acids is 2. The summed E-state index contributed by atoms with van der Waals surface area (Å²) in [6.45, 7) is -1.01. The number of halogens is 3. The van der Waals surface area contributed by atoms with E-state index in [-0.39, 0.29) is 12.5 Å². The Morgan fingerprint density at radius 3 is 2.06 bits per heavy atom. The van der Waals surface area contributed by atoms with Crippen LogP contribution in [-0.2, 0) is 14.3 Å². The van der Waals surface area contributed by atoms with Gasteiger partial charge in [0.1, 0.15) is 19.2 Å². The van der Waals surface area contributed by atoms with E-state index in [1.54, 1.807) is 5.32 Å². The highest BCUT2D eigenvalue weighted by Gasteiger charge is 2.42. The number of alkyl carbamates (subject to hydrolysis) is 1. The number of benzene rings is 2. The number of aliphatic carboxylic acids is 1. The van der Waals surface area contributed by atoms with E-state index in [2.05, 4.69) is 0 Å². The van der Waals surface area contributed by atoms with Crippen LogP contribution in [0.25, 0.3) is 11.1 Å². The van der Waals surface area contributed by atoms with E-state index < -0.39 is 43.2 Å². The maximum atomic E-state index is 13.2. The molecule has 0 saturated carbocycles. The van der Waals surface area contributed by atoms with E-state index in [9.17, 15) is 27.6 Å². The Bertz CT molecular complexity index is 947. The van der Waals surface area contributed by atoms with Gasteiger partial charge in [-0.05, 0) is 22.3 Å². The fraction of sp³-hybridized carbons (Fsp3) is 0.286. The molecule has 1 atom stereocenters. The minimum Gasteiger partial charge on any atom is -0.480 e. The normalized spacial score (nSPS) is 13.6. The largest absolute Gasteiger partial charge is 0.480 e. The summed E-state index contributed by atoms with van der Waals surface area (Å²) in [7, 11) is 0. The zero-order valence-corrected chi connectivity index (χ0v) is 16.1. The molecule has 164 valence electrons. The molecular weight excluding hydrogens is 417 g/mol. The van der Waals surface area contributed by atoms with E-state index in [0.29, 0.717) is 0 Å². The third-order valence-electron chi connectivity index (χ3n) is 4.86. The summed E-state index contributed by atoms with van der Waals surface area (Å²) in [4.78, 5) is 34.1. The summed E-state index contributed by atoms with van der Waals surface area (Å²) < 4.78 is 44.7. The van der Waals surface area contributed by atoms with Gasteiger partial charge in [0, 0.05) is 5.92 Å². The van der Waals surface area contributed by atoms with Crippen LogP contribution < -0.4 is 10.6 Å². The van der Waals surface area contributed by atoms with Crippen molar-refractivity contribution in [2.45, 2.75) is 24.6 Å². The Kier molecular flexibility index (Phi) is 6.47. The lowest BCUT2D eigenvalue weighted by Crippen LogP contribution is -2.48. The number of carboxylic acids is 1. The van der Waals surface area contributed by atoms with Gasteiger partial charge in [-0.1, -0.05) is 48.5 Å². The lowest BCUT2D eigenvalue weighted by Gasteiger charge is -2.21. The smallest absolute Gasteiger partial charge is 0.409 e. The number of rotatable bonds is 7. The lowest BCUT2D eigenvalue weighted by molar-refractivity contribution is -0.160. The van der Waals surface area contributed by atoms with Gasteiger partial charge < -0.3 is 20.5 Å². The fourth-order valence-electron chi connectivity index (χ4n) is 3.46. The zero-order chi connectivity index (χ0) is 22.6. The molecule has 2 amide bonds. The SMILES string of the molecule is O=C(O)CNC(=O)CC(NC(=O)OCC1c2ccccc2-c2ccccc21)C(F)(F)F. The Hall–Kier alpha value is -3.56. The van der Waals surface area contributed by atoms with Gasteiger partial charge in [0.25, 0.3) is 0 Å². The zero-order valence-electron chi connectivity index (χ0n) is 16.1. The maximum Gasteiger partial charge on any atom is 0.409 e. The van der Waals surface area contributed by atoms with Crippen LogP contribution in [0.5, 0.6) is 0 Å². The highest BCUT2D eigenvalue weighted by Crippen LogP contribution is 2.44. The van der Waals surface area contributed by atoms with Crippen LogP contribution in [0.3, 0.4) is 0 Å². The molecule has 0 saturated heterocycles. The molecular formula is C21H19F3N2O5. The quantitative estimate of drug-likeness (QED) is 0.619. The van der Waals surface area contributed by atoms with Gasteiger partial charge in [-0.2, -0.15) is 13.2 Å². The highest BCUT2D eigenvalue weighted by atomic mass is 19.4. The first kappa shape index (κ1) is 22.1. The van der Waals surface area contributed by atoms with Crippen molar-refractivity contribution in [3.05, 3.63) is 59.7 Å². The Morgan fingerprint density at radius 1 is 1.00 bits per heavy atom. The Balaban J connectivity index is 1.64. The molecule has 2 aromatic rings. The molecule has 10 heteroatoms. The maximum absolute atomic E-state index is 13.2. The Labute approximate surface area is 175 Å². The minimum absolute atomic E-state index is 0.185. The topological polar surface area (TPSA) is 105 Å². The second-order valence-electron chi connectivity index (χ2n) is 6.94. The third-order valence-corrected chi connectivity index (χ3v) is 4.86. The predicted molar refractivity (Wildman–Crippen MR) is 103 cm³/mol. The number of carboxylic acid groups (broad SMARTS) is 1. The molecule has 1 aliphatic rings. The molecule has 0 aliphatic heterocycles. The second-order valence-corrected chi connectivity index (χ2v) is 6.94. The summed E-state index contributed by atoms with van der Waals surface area (Å²) in [5, 5.41) is 12.0. The molecule has 3 rings (SSSR count). The van der Waals surface area contributed by atoms with Crippen LogP contribution in [0.2, 0.25) is 0 Å². The molecule has 1 unspecified atom stereocenters. The summed E-state index contributed by atoms with van der Waals surface area (Å²) in [6.07, 6.45) is -7.41. The first-order chi connectivity index (χ1) is 14.7. The highest BCUT2D eigenvalue weighted by molar-refractivity contribution is 5.82. The number of hydrogen-bond donors (Lipinski definition) is 3. The number of carbonyl (C=O) groups is 3. The molecule has 31 heavy (non-hydrogen) atoms. The monoisotopic (exact) mass is 436 g/mol. The molecule has 7 nitrogen and oxygen atoms in total. The number of fused-ring (bicyclic) bond motifs is 3. The molecule has 1 aliphatic carbocycles. The molecule has 0 radical (unpaired) electrons. The second kappa shape index (κ2) is 9.07. The molecule has 2 aromatic carbocycles. The van der Waals surface area contributed by atoms with E-state index in [1.165, 1.54) is 0 Å². The van der Waals surface area contributed by atoms with Crippen LogP contribution >= 0.6 is 0 Å². The molecule has 0 spiro atoms. The summed E-state index contributed by atoms with van der Waals surface area (Å²) >= 11 is 0. The van der Waals surface area contributed by atoms with E-state index in [1.807, 2.05) is 53.8 Å². The van der Waals surface area contributed by atoms with Gasteiger partial charge in [0.15, 0.2) is 0 Å². The van der Waals surface area contributed by atoms with Gasteiger partial charge in [-0.3, -0.25) is 9.59 Å². The van der Waals surface area contributed by atoms with Gasteiger partial charge in [0.2, 0.25) is 5.91 Å². The Morgan fingerprint density at radius 2 is 1.55 bits per heavy atom. The molecule has 0 bridgehead atoms. The molecule has 0 heterocycles. The minimum atomic E-state index is -4.92. The average Bonchev–Trinajstić information content (AvgIpc) is 3.03. The van der Waals surface area contributed by atoms with Crippen molar-refractivity contribution in [3.63, 3.8) is 0 Å². The van der Waals surface area contributed by atoms with Crippen molar-refractivity contribution >= 4 is 18.0 Å². The average molecular weight is 436 g/mol. The van der Waals surface area contributed by atoms with Crippen molar-refractivity contribution in [2.75, 3.05) is 13.2 Å². The van der Waals surface area contributed by atoms with Crippen LogP contribution in [-0.4, -0.2) is 48.4 Å². The molecule has 3 N–H and O–H groups in total. The van der Waals surface area contributed by atoms with Gasteiger partial charge in [-0.25, -0.2) is 4.79 Å². The van der Waals surface area contributed by atoms with Crippen LogP contribution in [0.1, 0.15) is 23.5 Å². The first-order valence-electron chi connectivity index (χ1n) is 9.33. The number of amides is 2. The lowest BCUT2D eigenvalue weighted by atomic mass is 9.98. The van der Waals surface area contributed by atoms with Gasteiger partial charge in [-0.15, -0.1) is 0 Å². The number of alkyl halides is 3. The third kappa shape index (κ3) is 5.33. The first-order valence-corrected chi connectivity index (χ1v) is 9.33. The van der Waals surface area contributed by atoms with Crippen LogP contribution in [0.15, 0.2) is 48.5 Å². The summed E-state index contributed by atoms with van der Waals surface area (Å²) in [6, 6.07) is 12.5. The number of ether oxygens (including phenoxy) is 1. The van der Waals surface area contributed by atoms with Crippen LogP contribution in [0, 0.1) is 0 Å². The van der Waals surface area contributed by atoms with Crippen molar-refractivity contribution in [3.8, 4) is 11.1 Å². The van der Waals surface area contributed by atoms with E-state index in [0.717, 1.165) is 22.3 Å². The van der Waals surface area contributed by atoms with Crippen molar-refractivity contribution in [1.29, 1.82) is 0 Å².